The molecule has 3 rings (SSSR count). The van der Waals surface area contributed by atoms with Crippen LogP contribution in [0.15, 0.2) is 46.3 Å². The molecule has 0 saturated carbocycles. The third-order valence-electron chi connectivity index (χ3n) is 5.32. The predicted octanol–water partition coefficient (Wildman–Crippen LogP) is 4.02. The number of fused-ring (bicyclic) bond motifs is 1. The Balaban J connectivity index is 1.91. The monoisotopic (exact) mass is 445 g/mol. The molecule has 0 bridgehead atoms. The molecule has 0 N–H and O–H groups in total. The minimum atomic E-state index is -3.56. The number of benzene rings is 2. The van der Waals surface area contributed by atoms with Gasteiger partial charge in [-0.1, -0.05) is 30.7 Å². The maximum absolute atomic E-state index is 12.7. The number of hydrogen-bond acceptors (Lipinski definition) is 4. The summed E-state index contributed by atoms with van der Waals surface area (Å²) in [6.07, 6.45) is 1.72. The number of aromatic nitrogens is 1. The lowest BCUT2D eigenvalue weighted by Crippen LogP contribution is -2.27. The molecular formula is C22H27N3O3S2. The first-order valence-electron chi connectivity index (χ1n) is 9.88. The highest BCUT2D eigenvalue weighted by Gasteiger charge is 2.20. The Morgan fingerprint density at radius 1 is 1.13 bits per heavy atom. The number of aryl methyl sites for hydroxylation is 3. The lowest BCUT2D eigenvalue weighted by molar-refractivity contribution is 0.0998. The minimum absolute atomic E-state index is 0.177. The van der Waals surface area contributed by atoms with Crippen LogP contribution >= 0.6 is 11.3 Å². The smallest absolute Gasteiger partial charge is 0.279 e. The molecule has 2 aromatic carbocycles. The Kier molecular flexibility index (Phi) is 6.59. The van der Waals surface area contributed by atoms with Crippen LogP contribution in [0, 0.1) is 13.8 Å². The van der Waals surface area contributed by atoms with Crippen molar-refractivity contribution in [3.8, 4) is 0 Å². The van der Waals surface area contributed by atoms with E-state index in [0.29, 0.717) is 16.9 Å². The zero-order chi connectivity index (χ0) is 22.1. The van der Waals surface area contributed by atoms with Crippen molar-refractivity contribution < 1.29 is 13.2 Å². The van der Waals surface area contributed by atoms with Crippen molar-refractivity contribution in [2.45, 2.75) is 38.5 Å². The van der Waals surface area contributed by atoms with E-state index in [9.17, 15) is 13.2 Å². The molecule has 1 amide bonds. The molecule has 6 nitrogen and oxygen atoms in total. The number of rotatable bonds is 6. The van der Waals surface area contributed by atoms with Crippen molar-refractivity contribution in [2.75, 3.05) is 13.6 Å². The molecule has 0 spiro atoms. The highest BCUT2D eigenvalue weighted by molar-refractivity contribution is 7.89. The van der Waals surface area contributed by atoms with Gasteiger partial charge in [0.05, 0.1) is 15.1 Å². The maximum Gasteiger partial charge on any atom is 0.279 e. The molecule has 0 unspecified atom stereocenters. The fourth-order valence-electron chi connectivity index (χ4n) is 3.24. The third-order valence-corrected chi connectivity index (χ3v) is 8.29. The topological polar surface area (TPSA) is 71.7 Å². The van der Waals surface area contributed by atoms with Gasteiger partial charge in [0, 0.05) is 26.2 Å². The zero-order valence-electron chi connectivity index (χ0n) is 18.0. The molecule has 8 heteroatoms. The number of thiazole rings is 1. The Hall–Kier alpha value is -2.29. The van der Waals surface area contributed by atoms with Gasteiger partial charge < -0.3 is 4.57 Å². The largest absolute Gasteiger partial charge is 0.319 e. The molecule has 0 radical (unpaired) electrons. The summed E-state index contributed by atoms with van der Waals surface area (Å²) in [5, 5.41) is 0. The van der Waals surface area contributed by atoms with Crippen molar-refractivity contribution >= 4 is 37.5 Å². The van der Waals surface area contributed by atoms with E-state index in [1.807, 2.05) is 24.6 Å². The van der Waals surface area contributed by atoms with E-state index in [2.05, 4.69) is 24.9 Å². The van der Waals surface area contributed by atoms with Gasteiger partial charge in [-0.25, -0.2) is 12.7 Å². The summed E-state index contributed by atoms with van der Waals surface area (Å²) in [6.45, 7) is 6.61. The molecule has 0 aliphatic carbocycles. The number of carbonyl (C=O) groups excluding carboxylic acids is 1. The number of unbranched alkanes of at least 4 members (excludes halogenated alkanes) is 1. The van der Waals surface area contributed by atoms with Gasteiger partial charge in [0.15, 0.2) is 4.80 Å². The van der Waals surface area contributed by atoms with E-state index in [-0.39, 0.29) is 4.90 Å². The summed E-state index contributed by atoms with van der Waals surface area (Å²) in [4.78, 5) is 17.8. The maximum atomic E-state index is 12.7. The molecule has 0 atom stereocenters. The van der Waals surface area contributed by atoms with Crippen LogP contribution in [0.1, 0.15) is 41.3 Å². The first-order valence-corrected chi connectivity index (χ1v) is 12.1. The van der Waals surface area contributed by atoms with Crippen molar-refractivity contribution in [1.29, 1.82) is 0 Å². The summed E-state index contributed by atoms with van der Waals surface area (Å²) in [5.74, 6) is -0.394. The fourth-order valence-corrected chi connectivity index (χ4v) is 5.52. The summed E-state index contributed by atoms with van der Waals surface area (Å²) >= 11 is 1.46. The van der Waals surface area contributed by atoms with Gasteiger partial charge in [0.2, 0.25) is 10.0 Å². The highest BCUT2D eigenvalue weighted by Crippen LogP contribution is 2.23. The van der Waals surface area contributed by atoms with Gasteiger partial charge >= 0.3 is 0 Å². The van der Waals surface area contributed by atoms with Crippen LogP contribution in [0.25, 0.3) is 10.2 Å². The van der Waals surface area contributed by atoms with Crippen LogP contribution in [0.2, 0.25) is 0 Å². The van der Waals surface area contributed by atoms with Gasteiger partial charge in [-0.05, 0) is 61.7 Å². The van der Waals surface area contributed by atoms with Gasteiger partial charge in [0.1, 0.15) is 0 Å². The van der Waals surface area contributed by atoms with Crippen LogP contribution < -0.4 is 4.80 Å². The van der Waals surface area contributed by atoms with Gasteiger partial charge in [-0.2, -0.15) is 4.99 Å². The van der Waals surface area contributed by atoms with Crippen molar-refractivity contribution in [3.05, 3.63) is 57.9 Å². The Morgan fingerprint density at radius 3 is 2.43 bits per heavy atom. The molecule has 0 fully saturated rings. The second-order valence-corrected chi connectivity index (χ2v) is 10.5. The van der Waals surface area contributed by atoms with E-state index < -0.39 is 15.9 Å². The van der Waals surface area contributed by atoms with Crippen LogP contribution in [0.3, 0.4) is 0 Å². The zero-order valence-corrected chi connectivity index (χ0v) is 19.6. The number of carbonyl (C=O) groups is 1. The molecule has 0 aliphatic rings. The quantitative estimate of drug-likeness (QED) is 0.575. The standard InChI is InChI=1S/C22H27N3O3S2/c1-6-7-14-24(4)30(27,28)18-11-9-17(10-12-18)21(26)23-22-25(5)20-16(3)15(2)8-13-19(20)29-22/h8-13H,6-7,14H2,1-5H3. The Morgan fingerprint density at radius 2 is 1.80 bits per heavy atom. The fraction of sp³-hybridized carbons (Fsp3) is 0.364. The van der Waals surface area contributed by atoms with Crippen molar-refractivity contribution in [3.63, 3.8) is 0 Å². The van der Waals surface area contributed by atoms with Crippen LogP contribution in [-0.2, 0) is 17.1 Å². The third kappa shape index (κ3) is 4.26. The van der Waals surface area contributed by atoms with Gasteiger partial charge in [-0.3, -0.25) is 4.79 Å². The van der Waals surface area contributed by atoms with Crippen LogP contribution in [0.4, 0.5) is 0 Å². The molecule has 0 saturated heterocycles. The molecule has 3 aromatic rings. The molecular weight excluding hydrogens is 418 g/mol. The Bertz CT molecular complexity index is 1250. The van der Waals surface area contributed by atoms with Crippen LogP contribution in [-0.4, -0.2) is 36.8 Å². The van der Waals surface area contributed by atoms with Gasteiger partial charge in [0.25, 0.3) is 5.91 Å². The first-order chi connectivity index (χ1) is 14.2. The summed E-state index contributed by atoms with van der Waals surface area (Å²) < 4.78 is 29.6. The van der Waals surface area contributed by atoms with E-state index in [4.69, 9.17) is 0 Å². The summed E-state index contributed by atoms with van der Waals surface area (Å²) in [5.41, 5.74) is 3.79. The van der Waals surface area contributed by atoms with Crippen molar-refractivity contribution in [2.24, 2.45) is 12.0 Å². The molecule has 30 heavy (non-hydrogen) atoms. The summed E-state index contributed by atoms with van der Waals surface area (Å²) in [7, 11) is -0.0802. The van der Waals surface area contributed by atoms with E-state index in [0.717, 1.165) is 23.1 Å². The molecule has 160 valence electrons. The minimum Gasteiger partial charge on any atom is -0.319 e. The number of hydrogen-bond donors (Lipinski definition) is 0. The average Bonchev–Trinajstić information content (AvgIpc) is 3.04. The molecule has 0 aliphatic heterocycles. The van der Waals surface area contributed by atoms with E-state index >= 15 is 0 Å². The number of amides is 1. The number of nitrogens with zero attached hydrogens (tertiary/aromatic N) is 3. The predicted molar refractivity (Wildman–Crippen MR) is 121 cm³/mol. The SMILES string of the molecule is CCCCN(C)S(=O)(=O)c1ccc(C(=O)N=c2sc3ccc(C)c(C)c3n2C)cc1. The highest BCUT2D eigenvalue weighted by atomic mass is 32.2. The van der Waals surface area contributed by atoms with E-state index in [1.165, 1.54) is 51.0 Å². The average molecular weight is 446 g/mol. The second kappa shape index (κ2) is 8.83. The first kappa shape index (κ1) is 22.4. The lowest BCUT2D eigenvalue weighted by Gasteiger charge is -2.16. The second-order valence-electron chi connectivity index (χ2n) is 7.42. The Labute approximate surface area is 181 Å². The van der Waals surface area contributed by atoms with Crippen molar-refractivity contribution in [1.82, 2.24) is 8.87 Å². The van der Waals surface area contributed by atoms with Gasteiger partial charge in [-0.15, -0.1) is 0 Å². The number of sulfonamides is 1. The van der Waals surface area contributed by atoms with Crippen LogP contribution in [0.5, 0.6) is 0 Å². The molecule has 1 aromatic heterocycles. The van der Waals surface area contributed by atoms with E-state index in [1.54, 1.807) is 7.05 Å². The normalized spacial score (nSPS) is 12.8. The molecule has 1 heterocycles. The lowest BCUT2D eigenvalue weighted by atomic mass is 10.1. The summed E-state index contributed by atoms with van der Waals surface area (Å²) in [6, 6.07) is 10.1.